The highest BCUT2D eigenvalue weighted by Crippen LogP contribution is 2.15. The molecule has 0 atom stereocenters. The Labute approximate surface area is 76.7 Å². The summed E-state index contributed by atoms with van der Waals surface area (Å²) in [7, 11) is 0. The monoisotopic (exact) mass is 180 g/mol. The summed E-state index contributed by atoms with van der Waals surface area (Å²) in [5.74, 6) is 0.271. The summed E-state index contributed by atoms with van der Waals surface area (Å²) in [5, 5.41) is 10.7. The molecule has 1 aromatic rings. The maximum absolute atomic E-state index is 9.04. The topological polar surface area (TPSA) is 44.7 Å². The van der Waals surface area contributed by atoms with Crippen LogP contribution in [0, 0.1) is 0 Å². The highest BCUT2D eigenvalue weighted by Gasteiger charge is 2.11. The zero-order chi connectivity index (χ0) is 9.10. The van der Waals surface area contributed by atoms with Crippen molar-refractivity contribution in [3.63, 3.8) is 0 Å². The molecular formula is C9H12N2O2. The average molecular weight is 180 g/mol. The van der Waals surface area contributed by atoms with Gasteiger partial charge in [-0.25, -0.2) is 0 Å². The van der Waals surface area contributed by atoms with Crippen molar-refractivity contribution in [2.75, 3.05) is 18.6 Å². The van der Waals surface area contributed by atoms with E-state index in [1.54, 1.807) is 29.4 Å². The molecule has 70 valence electrons. The number of anilines is 1. The predicted octanol–water partition coefficient (Wildman–Crippen LogP) is 1.36. The summed E-state index contributed by atoms with van der Waals surface area (Å²) in [6.45, 7) is 1.66. The maximum atomic E-state index is 9.04. The average Bonchev–Trinajstić information content (AvgIpc) is 2.62. The van der Waals surface area contributed by atoms with Crippen LogP contribution in [-0.2, 0) is 4.84 Å². The van der Waals surface area contributed by atoms with Gasteiger partial charge in [0.2, 0.25) is 0 Å². The Balaban J connectivity index is 1.97. The van der Waals surface area contributed by atoms with E-state index in [0.717, 1.165) is 25.3 Å². The second-order valence-electron chi connectivity index (χ2n) is 2.95. The third kappa shape index (κ3) is 2.11. The van der Waals surface area contributed by atoms with E-state index in [-0.39, 0.29) is 5.75 Å². The molecule has 0 aliphatic carbocycles. The van der Waals surface area contributed by atoms with Crippen LogP contribution < -0.4 is 5.43 Å². The Morgan fingerprint density at radius 1 is 1.31 bits per heavy atom. The van der Waals surface area contributed by atoms with Gasteiger partial charge in [-0.15, -0.1) is 5.17 Å². The Hall–Kier alpha value is -1.26. The summed E-state index contributed by atoms with van der Waals surface area (Å²) >= 11 is 0. The fraction of sp³-hybridized carbons (Fsp3) is 0.333. The third-order valence-electron chi connectivity index (χ3n) is 1.87. The minimum absolute atomic E-state index is 0.271. The number of hydrogen-bond acceptors (Lipinski definition) is 4. The summed E-state index contributed by atoms with van der Waals surface area (Å²) in [6.07, 6.45) is 1.05. The number of nitrogens with zero attached hydrogens (tertiary/aromatic N) is 1. The maximum Gasteiger partial charge on any atom is 0.115 e. The molecule has 0 saturated carbocycles. The van der Waals surface area contributed by atoms with Crippen LogP contribution in [0.3, 0.4) is 0 Å². The zero-order valence-electron chi connectivity index (χ0n) is 7.23. The number of nitrogens with one attached hydrogen (secondary N) is 1. The molecule has 1 fully saturated rings. The van der Waals surface area contributed by atoms with Crippen molar-refractivity contribution in [3.05, 3.63) is 24.3 Å². The molecule has 0 spiro atoms. The van der Waals surface area contributed by atoms with Crippen molar-refractivity contribution < 1.29 is 9.94 Å². The van der Waals surface area contributed by atoms with Crippen molar-refractivity contribution in [1.82, 2.24) is 5.17 Å². The minimum atomic E-state index is 0.271. The number of hydroxylamine groups is 1. The van der Waals surface area contributed by atoms with Crippen LogP contribution in [-0.4, -0.2) is 23.4 Å². The number of hydrazine groups is 1. The summed E-state index contributed by atoms with van der Waals surface area (Å²) < 4.78 is 0. The molecule has 4 heteroatoms. The van der Waals surface area contributed by atoms with Crippen molar-refractivity contribution in [2.24, 2.45) is 0 Å². The van der Waals surface area contributed by atoms with E-state index in [4.69, 9.17) is 9.94 Å². The van der Waals surface area contributed by atoms with Crippen molar-refractivity contribution in [2.45, 2.75) is 6.42 Å². The van der Waals surface area contributed by atoms with Gasteiger partial charge in [-0.1, -0.05) is 0 Å². The van der Waals surface area contributed by atoms with Crippen molar-refractivity contribution in [3.8, 4) is 5.75 Å². The molecule has 0 aromatic heterocycles. The standard InChI is InChI=1S/C9H12N2O2/c12-9-4-2-8(3-5-9)10-11-6-1-7-13-11/h2-5,10,12H,1,6-7H2. The molecule has 13 heavy (non-hydrogen) atoms. The predicted molar refractivity (Wildman–Crippen MR) is 49.0 cm³/mol. The highest BCUT2D eigenvalue weighted by atomic mass is 16.7. The summed E-state index contributed by atoms with van der Waals surface area (Å²) in [4.78, 5) is 5.25. The zero-order valence-corrected chi connectivity index (χ0v) is 7.23. The van der Waals surface area contributed by atoms with Gasteiger partial charge in [-0.3, -0.25) is 10.3 Å². The first kappa shape index (κ1) is 8.34. The molecule has 2 N–H and O–H groups in total. The highest BCUT2D eigenvalue weighted by molar-refractivity contribution is 5.44. The first-order valence-electron chi connectivity index (χ1n) is 4.31. The van der Waals surface area contributed by atoms with Crippen LogP contribution in [0.15, 0.2) is 24.3 Å². The lowest BCUT2D eigenvalue weighted by atomic mass is 10.3. The molecular weight excluding hydrogens is 168 g/mol. The molecule has 1 heterocycles. The quantitative estimate of drug-likeness (QED) is 0.674. The van der Waals surface area contributed by atoms with E-state index >= 15 is 0 Å². The fourth-order valence-electron chi connectivity index (χ4n) is 1.22. The largest absolute Gasteiger partial charge is 0.508 e. The van der Waals surface area contributed by atoms with Crippen LogP contribution >= 0.6 is 0 Å². The van der Waals surface area contributed by atoms with Gasteiger partial charge >= 0.3 is 0 Å². The number of phenolic OH excluding ortho intramolecular Hbond substituents is 1. The second kappa shape index (κ2) is 3.64. The van der Waals surface area contributed by atoms with E-state index in [1.807, 2.05) is 0 Å². The molecule has 0 bridgehead atoms. The SMILES string of the molecule is Oc1ccc(NN2CCCO2)cc1. The Morgan fingerprint density at radius 3 is 2.69 bits per heavy atom. The number of phenols is 1. The first-order chi connectivity index (χ1) is 6.34. The molecule has 1 saturated heterocycles. The molecule has 4 nitrogen and oxygen atoms in total. The number of benzene rings is 1. The van der Waals surface area contributed by atoms with Gasteiger partial charge in [-0.2, -0.15) is 0 Å². The number of hydrogen-bond donors (Lipinski definition) is 2. The fourth-order valence-corrected chi connectivity index (χ4v) is 1.22. The van der Waals surface area contributed by atoms with E-state index in [9.17, 15) is 0 Å². The molecule has 1 aliphatic heterocycles. The second-order valence-corrected chi connectivity index (χ2v) is 2.95. The van der Waals surface area contributed by atoms with Crippen molar-refractivity contribution >= 4 is 5.69 Å². The smallest absolute Gasteiger partial charge is 0.115 e. The van der Waals surface area contributed by atoms with Crippen LogP contribution in [0.2, 0.25) is 0 Å². The van der Waals surface area contributed by atoms with Gasteiger partial charge in [0.25, 0.3) is 0 Å². The van der Waals surface area contributed by atoms with Crippen molar-refractivity contribution in [1.29, 1.82) is 0 Å². The lowest BCUT2D eigenvalue weighted by Crippen LogP contribution is -2.24. The number of aromatic hydroxyl groups is 1. The molecule has 0 amide bonds. The third-order valence-corrected chi connectivity index (χ3v) is 1.87. The normalized spacial score (nSPS) is 17.5. The van der Waals surface area contributed by atoms with Crippen LogP contribution in [0.25, 0.3) is 0 Å². The Bertz CT molecular complexity index is 267. The molecule has 0 unspecified atom stereocenters. The molecule has 1 aromatic carbocycles. The molecule has 0 radical (unpaired) electrons. The van der Waals surface area contributed by atoms with E-state index < -0.39 is 0 Å². The van der Waals surface area contributed by atoms with Crippen LogP contribution in [0.4, 0.5) is 5.69 Å². The van der Waals surface area contributed by atoms with Crippen LogP contribution in [0.1, 0.15) is 6.42 Å². The van der Waals surface area contributed by atoms with Gasteiger partial charge in [0, 0.05) is 6.54 Å². The molecule has 1 aliphatic rings. The number of rotatable bonds is 2. The van der Waals surface area contributed by atoms with E-state index in [0.29, 0.717) is 0 Å². The Kier molecular flexibility index (Phi) is 2.33. The van der Waals surface area contributed by atoms with Gasteiger partial charge in [0.1, 0.15) is 5.75 Å². The van der Waals surface area contributed by atoms with Gasteiger partial charge in [-0.05, 0) is 30.7 Å². The summed E-state index contributed by atoms with van der Waals surface area (Å²) in [6, 6.07) is 6.88. The van der Waals surface area contributed by atoms with Gasteiger partial charge in [0.05, 0.1) is 12.3 Å². The van der Waals surface area contributed by atoms with Gasteiger partial charge in [0.15, 0.2) is 0 Å². The minimum Gasteiger partial charge on any atom is -0.508 e. The van der Waals surface area contributed by atoms with Crippen LogP contribution in [0.5, 0.6) is 5.75 Å². The van der Waals surface area contributed by atoms with Gasteiger partial charge < -0.3 is 5.11 Å². The summed E-state index contributed by atoms with van der Waals surface area (Å²) in [5.41, 5.74) is 3.98. The molecule has 2 rings (SSSR count). The Morgan fingerprint density at radius 2 is 2.08 bits per heavy atom. The lowest BCUT2D eigenvalue weighted by Gasteiger charge is -2.15. The van der Waals surface area contributed by atoms with E-state index in [1.165, 1.54) is 0 Å². The lowest BCUT2D eigenvalue weighted by molar-refractivity contribution is -0.0875. The first-order valence-corrected chi connectivity index (χ1v) is 4.31. The van der Waals surface area contributed by atoms with E-state index in [2.05, 4.69) is 5.43 Å².